The van der Waals surface area contributed by atoms with Gasteiger partial charge >= 0.3 is 0 Å². The number of H-pyrrole nitrogens is 1. The van der Waals surface area contributed by atoms with Crippen molar-refractivity contribution in [3.8, 4) is 0 Å². The van der Waals surface area contributed by atoms with E-state index in [1.807, 2.05) is 4.90 Å². The van der Waals surface area contributed by atoms with Gasteiger partial charge in [0.15, 0.2) is 5.65 Å². The molecule has 2 aromatic rings. The predicted molar refractivity (Wildman–Crippen MR) is 112 cm³/mol. The highest BCUT2D eigenvalue weighted by Gasteiger charge is 2.30. The molecule has 0 spiro atoms. The van der Waals surface area contributed by atoms with E-state index in [2.05, 4.69) is 21.8 Å². The molecule has 3 heterocycles. The van der Waals surface area contributed by atoms with Crippen LogP contribution in [0.2, 0.25) is 0 Å². The van der Waals surface area contributed by atoms with Crippen LogP contribution in [0.25, 0.3) is 17.2 Å². The summed E-state index contributed by atoms with van der Waals surface area (Å²) in [5.41, 5.74) is 7.33. The van der Waals surface area contributed by atoms with Crippen LogP contribution in [0.4, 0.5) is 5.82 Å². The van der Waals surface area contributed by atoms with E-state index in [0.29, 0.717) is 30.2 Å². The SMILES string of the molecule is C[C@H]1CC[C@@H](C(=O)N2CCN(c3cnc4[nH]cc(/C=C/C(N)=O)c4n3)CC2)CC1. The third kappa shape index (κ3) is 4.26. The van der Waals surface area contributed by atoms with Gasteiger partial charge in [0.05, 0.1) is 6.20 Å². The lowest BCUT2D eigenvalue weighted by molar-refractivity contribution is -0.137. The lowest BCUT2D eigenvalue weighted by Crippen LogP contribution is -2.51. The first-order chi connectivity index (χ1) is 14.0. The van der Waals surface area contributed by atoms with Crippen molar-refractivity contribution in [2.24, 2.45) is 17.6 Å². The molecule has 1 aliphatic carbocycles. The molecule has 0 radical (unpaired) electrons. The minimum Gasteiger partial charge on any atom is -0.366 e. The summed E-state index contributed by atoms with van der Waals surface area (Å²) in [6.45, 7) is 5.19. The van der Waals surface area contributed by atoms with E-state index < -0.39 is 5.91 Å². The van der Waals surface area contributed by atoms with E-state index in [0.717, 1.165) is 56.1 Å². The number of hydrogen-bond donors (Lipinski definition) is 2. The molecular weight excluding hydrogens is 368 g/mol. The molecule has 0 unspecified atom stereocenters. The highest BCUT2D eigenvalue weighted by molar-refractivity contribution is 5.93. The van der Waals surface area contributed by atoms with Gasteiger partial charge in [-0.05, 0) is 37.7 Å². The molecule has 2 amide bonds. The predicted octanol–water partition coefficient (Wildman–Crippen LogP) is 1.93. The number of nitrogens with one attached hydrogen (secondary N) is 1. The zero-order valence-corrected chi connectivity index (χ0v) is 16.8. The van der Waals surface area contributed by atoms with Gasteiger partial charge in [0.25, 0.3) is 0 Å². The Bertz CT molecular complexity index is 920. The third-order valence-corrected chi connectivity index (χ3v) is 6.11. The Kier molecular flexibility index (Phi) is 5.51. The van der Waals surface area contributed by atoms with Gasteiger partial charge in [-0.15, -0.1) is 0 Å². The number of nitrogens with zero attached hydrogens (tertiary/aromatic N) is 4. The van der Waals surface area contributed by atoms with E-state index in [-0.39, 0.29) is 5.92 Å². The van der Waals surface area contributed by atoms with Gasteiger partial charge in [0, 0.05) is 49.9 Å². The van der Waals surface area contributed by atoms with Crippen molar-refractivity contribution in [1.82, 2.24) is 19.9 Å². The number of rotatable bonds is 4. The molecule has 2 aromatic heterocycles. The number of amides is 2. The van der Waals surface area contributed by atoms with Crippen LogP contribution in [0.1, 0.15) is 38.2 Å². The van der Waals surface area contributed by atoms with Crippen LogP contribution in [0.3, 0.4) is 0 Å². The smallest absolute Gasteiger partial charge is 0.241 e. The summed E-state index contributed by atoms with van der Waals surface area (Å²) in [5.74, 6) is 1.55. The Morgan fingerprint density at radius 1 is 1.17 bits per heavy atom. The molecule has 4 rings (SSSR count). The number of aromatic amines is 1. The van der Waals surface area contributed by atoms with E-state index in [1.54, 1.807) is 18.5 Å². The molecule has 3 N–H and O–H groups in total. The van der Waals surface area contributed by atoms with Gasteiger partial charge in [0.2, 0.25) is 11.8 Å². The van der Waals surface area contributed by atoms with Gasteiger partial charge in [-0.2, -0.15) is 0 Å². The Morgan fingerprint density at radius 2 is 1.90 bits per heavy atom. The summed E-state index contributed by atoms with van der Waals surface area (Å²) < 4.78 is 0. The Balaban J connectivity index is 1.41. The fourth-order valence-corrected chi connectivity index (χ4v) is 4.27. The molecule has 2 fully saturated rings. The molecule has 154 valence electrons. The zero-order valence-electron chi connectivity index (χ0n) is 16.8. The molecular formula is C21H28N6O2. The van der Waals surface area contributed by atoms with Crippen LogP contribution in [-0.4, -0.2) is 57.8 Å². The summed E-state index contributed by atoms with van der Waals surface area (Å²) in [7, 11) is 0. The average Bonchev–Trinajstić information content (AvgIpc) is 3.14. The fraction of sp³-hybridized carbons (Fsp3) is 0.524. The second kappa shape index (κ2) is 8.23. The maximum absolute atomic E-state index is 12.8. The first kappa shape index (κ1) is 19.4. The van der Waals surface area contributed by atoms with Gasteiger partial charge in [-0.3, -0.25) is 9.59 Å². The third-order valence-electron chi connectivity index (χ3n) is 6.11. The first-order valence-corrected chi connectivity index (χ1v) is 10.4. The van der Waals surface area contributed by atoms with E-state index in [1.165, 1.54) is 6.08 Å². The number of carbonyl (C=O) groups is 2. The number of aromatic nitrogens is 3. The average molecular weight is 396 g/mol. The van der Waals surface area contributed by atoms with Crippen molar-refractivity contribution in [3.63, 3.8) is 0 Å². The minimum absolute atomic E-state index is 0.202. The number of piperazine rings is 1. The monoisotopic (exact) mass is 396 g/mol. The Morgan fingerprint density at radius 3 is 2.59 bits per heavy atom. The van der Waals surface area contributed by atoms with Crippen LogP contribution >= 0.6 is 0 Å². The molecule has 8 heteroatoms. The van der Waals surface area contributed by atoms with Crippen molar-refractivity contribution in [2.45, 2.75) is 32.6 Å². The van der Waals surface area contributed by atoms with Crippen LogP contribution in [0, 0.1) is 11.8 Å². The topological polar surface area (TPSA) is 108 Å². The van der Waals surface area contributed by atoms with Crippen molar-refractivity contribution >= 4 is 34.9 Å². The van der Waals surface area contributed by atoms with Crippen molar-refractivity contribution in [2.75, 3.05) is 31.1 Å². The highest BCUT2D eigenvalue weighted by Crippen LogP contribution is 2.30. The number of fused-ring (bicyclic) bond motifs is 1. The molecule has 1 saturated heterocycles. The normalized spacial score (nSPS) is 23.1. The number of anilines is 1. The van der Waals surface area contributed by atoms with Crippen LogP contribution in [0.15, 0.2) is 18.5 Å². The Labute approximate surface area is 170 Å². The van der Waals surface area contributed by atoms with Gasteiger partial charge in [-0.1, -0.05) is 6.92 Å². The van der Waals surface area contributed by atoms with E-state index in [4.69, 9.17) is 10.7 Å². The number of carbonyl (C=O) groups excluding carboxylic acids is 2. The number of hydrogen-bond acceptors (Lipinski definition) is 5. The summed E-state index contributed by atoms with van der Waals surface area (Å²) in [4.78, 5) is 40.3. The lowest BCUT2D eigenvalue weighted by atomic mass is 9.82. The quantitative estimate of drug-likeness (QED) is 0.768. The standard InChI is InChI=1S/C21H28N6O2/c1-14-2-4-15(5-3-14)21(29)27-10-8-26(9-11-27)18-13-24-20-19(25-18)16(12-23-20)6-7-17(22)28/h6-7,12-15H,2-5,8-11H2,1H3,(H2,22,28)(H,23,24)/b7-6+/t14-,15+. The fourth-order valence-electron chi connectivity index (χ4n) is 4.27. The van der Waals surface area contributed by atoms with Crippen molar-refractivity contribution < 1.29 is 9.59 Å². The van der Waals surface area contributed by atoms with E-state index in [9.17, 15) is 9.59 Å². The second-order valence-electron chi connectivity index (χ2n) is 8.17. The number of nitrogens with two attached hydrogens (primary N) is 1. The maximum atomic E-state index is 12.8. The zero-order chi connectivity index (χ0) is 20.4. The largest absolute Gasteiger partial charge is 0.366 e. The number of primary amides is 1. The van der Waals surface area contributed by atoms with Crippen LogP contribution in [-0.2, 0) is 9.59 Å². The highest BCUT2D eigenvalue weighted by atomic mass is 16.2. The second-order valence-corrected chi connectivity index (χ2v) is 8.17. The molecule has 2 aliphatic rings. The lowest BCUT2D eigenvalue weighted by Gasteiger charge is -2.38. The molecule has 8 nitrogen and oxygen atoms in total. The summed E-state index contributed by atoms with van der Waals surface area (Å²) in [5, 5.41) is 0. The van der Waals surface area contributed by atoms with Crippen molar-refractivity contribution in [1.29, 1.82) is 0 Å². The molecule has 1 aliphatic heterocycles. The van der Waals surface area contributed by atoms with Crippen LogP contribution in [0.5, 0.6) is 0 Å². The van der Waals surface area contributed by atoms with Gasteiger partial charge < -0.3 is 20.5 Å². The maximum Gasteiger partial charge on any atom is 0.241 e. The first-order valence-electron chi connectivity index (χ1n) is 10.4. The minimum atomic E-state index is -0.503. The molecule has 0 bridgehead atoms. The Hall–Kier alpha value is -2.90. The molecule has 0 aromatic carbocycles. The van der Waals surface area contributed by atoms with Crippen molar-refractivity contribution in [3.05, 3.63) is 24.0 Å². The van der Waals surface area contributed by atoms with Crippen LogP contribution < -0.4 is 10.6 Å². The summed E-state index contributed by atoms with van der Waals surface area (Å²) in [6, 6.07) is 0. The summed E-state index contributed by atoms with van der Waals surface area (Å²) in [6.07, 6.45) is 10.8. The van der Waals surface area contributed by atoms with Gasteiger partial charge in [-0.25, -0.2) is 9.97 Å². The van der Waals surface area contributed by atoms with E-state index >= 15 is 0 Å². The molecule has 0 atom stereocenters. The summed E-state index contributed by atoms with van der Waals surface area (Å²) >= 11 is 0. The molecule has 29 heavy (non-hydrogen) atoms. The molecule has 1 saturated carbocycles. The van der Waals surface area contributed by atoms with Gasteiger partial charge in [0.1, 0.15) is 11.3 Å².